The zero-order valence-electron chi connectivity index (χ0n) is 11.1. The van der Waals surface area contributed by atoms with Crippen LogP contribution < -0.4 is 0 Å². The third kappa shape index (κ3) is 1.56. The molecule has 3 fully saturated rings. The maximum atomic E-state index is 11.8. The van der Waals surface area contributed by atoms with Crippen LogP contribution in [0.3, 0.4) is 0 Å². The molecule has 3 nitrogen and oxygen atoms in total. The van der Waals surface area contributed by atoms with Gasteiger partial charge in [-0.3, -0.25) is 4.79 Å². The van der Waals surface area contributed by atoms with E-state index in [0.717, 1.165) is 12.0 Å². The molecule has 0 amide bonds. The van der Waals surface area contributed by atoms with Gasteiger partial charge in [-0.25, -0.2) is 0 Å². The van der Waals surface area contributed by atoms with Gasteiger partial charge in [0.1, 0.15) is 6.10 Å². The molecule has 2 aliphatic carbocycles. The Kier molecular flexibility index (Phi) is 2.77. The number of hydrogen-bond acceptors (Lipinski definition) is 3. The van der Waals surface area contributed by atoms with E-state index >= 15 is 0 Å². The van der Waals surface area contributed by atoms with Gasteiger partial charge in [-0.2, -0.15) is 0 Å². The minimum atomic E-state index is -0.471. The molecule has 0 radical (unpaired) electrons. The van der Waals surface area contributed by atoms with E-state index in [-0.39, 0.29) is 23.9 Å². The summed E-state index contributed by atoms with van der Waals surface area (Å²) >= 11 is 0. The lowest BCUT2D eigenvalue weighted by Crippen LogP contribution is -2.36. The lowest BCUT2D eigenvalue weighted by molar-refractivity contribution is -0.146. The van der Waals surface area contributed by atoms with Crippen molar-refractivity contribution in [2.75, 3.05) is 0 Å². The van der Waals surface area contributed by atoms with Crippen LogP contribution in [-0.4, -0.2) is 23.3 Å². The first-order valence-corrected chi connectivity index (χ1v) is 7.07. The van der Waals surface area contributed by atoms with Gasteiger partial charge in [-0.1, -0.05) is 26.0 Å². The van der Waals surface area contributed by atoms with Crippen molar-refractivity contribution in [3.05, 3.63) is 12.2 Å². The summed E-state index contributed by atoms with van der Waals surface area (Å²) in [6.07, 6.45) is 2.38. The first kappa shape index (κ1) is 12.2. The van der Waals surface area contributed by atoms with Crippen molar-refractivity contribution in [3.8, 4) is 0 Å². The van der Waals surface area contributed by atoms with Crippen LogP contribution in [0.4, 0.5) is 0 Å². The van der Waals surface area contributed by atoms with Crippen molar-refractivity contribution in [2.45, 2.75) is 45.3 Å². The second kappa shape index (κ2) is 4.09. The molecule has 1 aliphatic heterocycles. The minimum absolute atomic E-state index is 0.0372. The number of ether oxygens (including phenoxy) is 1. The zero-order chi connectivity index (χ0) is 13.0. The predicted octanol–water partition coefficient (Wildman–Crippen LogP) is 2.15. The first-order chi connectivity index (χ1) is 8.50. The maximum absolute atomic E-state index is 11.8. The molecule has 0 aromatic heterocycles. The monoisotopic (exact) mass is 250 g/mol. The van der Waals surface area contributed by atoms with E-state index in [1.54, 1.807) is 0 Å². The Labute approximate surface area is 108 Å². The van der Waals surface area contributed by atoms with Gasteiger partial charge < -0.3 is 9.84 Å². The topological polar surface area (TPSA) is 46.5 Å². The fourth-order valence-corrected chi connectivity index (χ4v) is 4.46. The van der Waals surface area contributed by atoms with Gasteiger partial charge in [0.05, 0.1) is 12.0 Å². The van der Waals surface area contributed by atoms with Gasteiger partial charge in [0, 0.05) is 11.8 Å². The van der Waals surface area contributed by atoms with Crippen LogP contribution in [0.15, 0.2) is 12.2 Å². The van der Waals surface area contributed by atoms with Crippen LogP contribution in [0, 0.1) is 29.6 Å². The summed E-state index contributed by atoms with van der Waals surface area (Å²) in [4.78, 5) is 11.8. The molecule has 0 aromatic carbocycles. The highest BCUT2D eigenvalue weighted by Gasteiger charge is 2.55. The molecule has 0 unspecified atom stereocenters. The van der Waals surface area contributed by atoms with Crippen LogP contribution in [0.25, 0.3) is 0 Å². The molecular formula is C15H22O3. The maximum Gasteiger partial charge on any atom is 0.309 e. The van der Waals surface area contributed by atoms with Gasteiger partial charge in [0.15, 0.2) is 0 Å². The third-order valence-electron chi connectivity index (χ3n) is 5.45. The van der Waals surface area contributed by atoms with Crippen LogP contribution in [0.1, 0.15) is 33.1 Å². The first-order valence-electron chi connectivity index (χ1n) is 7.07. The van der Waals surface area contributed by atoms with Crippen LogP contribution in [0.5, 0.6) is 0 Å². The fourth-order valence-electron chi connectivity index (χ4n) is 4.46. The van der Waals surface area contributed by atoms with Crippen LogP contribution in [-0.2, 0) is 9.53 Å². The SMILES string of the molecule is C=C1C[C@H](O)[C@@H]2[C@H](OC(=O)[C@H]2C)[C@H]2[C@@H](C)CC[C@@H]12. The zero-order valence-corrected chi connectivity index (χ0v) is 11.1. The molecule has 3 heteroatoms. The lowest BCUT2D eigenvalue weighted by atomic mass is 9.77. The highest BCUT2D eigenvalue weighted by atomic mass is 16.6. The summed E-state index contributed by atoms with van der Waals surface area (Å²) in [5.74, 6) is 1.02. The van der Waals surface area contributed by atoms with Crippen molar-refractivity contribution in [2.24, 2.45) is 29.6 Å². The number of aliphatic hydroxyl groups is 1. The Morgan fingerprint density at radius 1 is 1.28 bits per heavy atom. The molecular weight excluding hydrogens is 228 g/mol. The van der Waals surface area contributed by atoms with Gasteiger partial charge in [-0.15, -0.1) is 0 Å². The Morgan fingerprint density at radius 3 is 2.72 bits per heavy atom. The van der Waals surface area contributed by atoms with E-state index in [4.69, 9.17) is 4.74 Å². The van der Waals surface area contributed by atoms with Gasteiger partial charge in [0.2, 0.25) is 0 Å². The van der Waals surface area contributed by atoms with Gasteiger partial charge in [0.25, 0.3) is 0 Å². The molecule has 1 heterocycles. The molecule has 100 valence electrons. The molecule has 7 atom stereocenters. The van der Waals surface area contributed by atoms with Gasteiger partial charge >= 0.3 is 5.97 Å². The Morgan fingerprint density at radius 2 is 2.00 bits per heavy atom. The van der Waals surface area contributed by atoms with E-state index in [1.165, 1.54) is 6.42 Å². The molecule has 2 saturated carbocycles. The summed E-state index contributed by atoms with van der Waals surface area (Å²) in [5.41, 5.74) is 1.16. The Balaban J connectivity index is 1.99. The normalized spacial score (nSPS) is 51.6. The van der Waals surface area contributed by atoms with E-state index < -0.39 is 6.10 Å². The number of hydrogen-bond donors (Lipinski definition) is 1. The van der Waals surface area contributed by atoms with Crippen molar-refractivity contribution < 1.29 is 14.6 Å². The molecule has 0 bridgehead atoms. The summed E-state index contributed by atoms with van der Waals surface area (Å²) in [5, 5.41) is 10.4. The van der Waals surface area contributed by atoms with Crippen LogP contribution in [0.2, 0.25) is 0 Å². The standard InChI is InChI=1S/C15H22O3/c1-7-4-5-10-8(2)6-11(16)13-9(3)15(17)18-14(13)12(7)10/h7,9-14,16H,2,4-6H2,1,3H3/t7-,9-,10-,11-,12-,13+,14+/m0/s1. The number of fused-ring (bicyclic) bond motifs is 3. The number of esters is 1. The van der Waals surface area contributed by atoms with Crippen molar-refractivity contribution in [1.82, 2.24) is 0 Å². The van der Waals surface area contributed by atoms with Crippen molar-refractivity contribution in [1.29, 1.82) is 0 Å². The average Bonchev–Trinajstić information content (AvgIpc) is 2.77. The Bertz CT molecular complexity index is 389. The minimum Gasteiger partial charge on any atom is -0.461 e. The molecule has 1 N–H and O–H groups in total. The fraction of sp³-hybridized carbons (Fsp3) is 0.800. The molecule has 3 rings (SSSR count). The predicted molar refractivity (Wildman–Crippen MR) is 67.7 cm³/mol. The molecule has 0 aromatic rings. The Hall–Kier alpha value is -0.830. The van der Waals surface area contributed by atoms with Crippen molar-refractivity contribution in [3.63, 3.8) is 0 Å². The van der Waals surface area contributed by atoms with E-state index in [0.29, 0.717) is 24.2 Å². The largest absolute Gasteiger partial charge is 0.461 e. The van der Waals surface area contributed by atoms with Crippen molar-refractivity contribution >= 4 is 5.97 Å². The highest BCUT2D eigenvalue weighted by Crippen LogP contribution is 2.52. The quantitative estimate of drug-likeness (QED) is 0.529. The summed E-state index contributed by atoms with van der Waals surface area (Å²) in [6, 6.07) is 0. The highest BCUT2D eigenvalue weighted by molar-refractivity contribution is 5.75. The lowest BCUT2D eigenvalue weighted by Gasteiger charge is -2.29. The van der Waals surface area contributed by atoms with Crippen LogP contribution >= 0.6 is 0 Å². The van der Waals surface area contributed by atoms with E-state index in [9.17, 15) is 9.90 Å². The molecule has 3 aliphatic rings. The second-order valence-corrected chi connectivity index (χ2v) is 6.44. The number of rotatable bonds is 0. The van der Waals surface area contributed by atoms with E-state index in [1.807, 2.05) is 6.92 Å². The number of aliphatic hydroxyl groups excluding tert-OH is 1. The molecule has 1 saturated heterocycles. The summed E-state index contributed by atoms with van der Waals surface area (Å²) < 4.78 is 5.62. The summed E-state index contributed by atoms with van der Waals surface area (Å²) in [6.45, 7) is 8.30. The number of carbonyl (C=O) groups excluding carboxylic acids is 1. The second-order valence-electron chi connectivity index (χ2n) is 6.44. The smallest absolute Gasteiger partial charge is 0.309 e. The molecule has 0 spiro atoms. The molecule has 18 heavy (non-hydrogen) atoms. The van der Waals surface area contributed by atoms with Gasteiger partial charge in [-0.05, 0) is 31.1 Å². The van der Waals surface area contributed by atoms with E-state index in [2.05, 4.69) is 13.5 Å². The third-order valence-corrected chi connectivity index (χ3v) is 5.45. The number of carbonyl (C=O) groups is 1. The summed E-state index contributed by atoms with van der Waals surface area (Å²) in [7, 11) is 0. The average molecular weight is 250 g/mol.